The molecule has 0 N–H and O–H groups in total. The molecule has 0 aromatic heterocycles. The van der Waals surface area contributed by atoms with E-state index in [1.165, 1.54) is 18.4 Å². The lowest BCUT2D eigenvalue weighted by Gasteiger charge is -2.09. The van der Waals surface area contributed by atoms with Gasteiger partial charge in [0.25, 0.3) is 0 Å². The average Bonchev–Trinajstić information content (AvgIpc) is 3.10. The maximum Gasteiger partial charge on any atom is 0.169 e. The zero-order valence-corrected chi connectivity index (χ0v) is 8.94. The van der Waals surface area contributed by atoms with E-state index in [1.807, 2.05) is 19.1 Å². The number of rotatable bonds is 4. The minimum absolute atomic E-state index is 0.414. The summed E-state index contributed by atoms with van der Waals surface area (Å²) < 4.78 is 5.33. The molecule has 0 heterocycles. The molecule has 0 radical (unpaired) electrons. The third kappa shape index (κ3) is 2.37. The molecular formula is C13H15NO. The van der Waals surface area contributed by atoms with E-state index in [0.717, 1.165) is 11.5 Å². The molecule has 2 rings (SSSR count). The number of hydrogen-bond acceptors (Lipinski definition) is 2. The molecule has 1 saturated carbocycles. The molecule has 1 fully saturated rings. The highest BCUT2D eigenvalue weighted by Crippen LogP contribution is 2.40. The molecule has 2 heteroatoms. The molecule has 0 amide bonds. The lowest BCUT2D eigenvalue weighted by Crippen LogP contribution is -2.01. The average molecular weight is 201 g/mol. The molecule has 1 unspecified atom stereocenters. The fraction of sp³-hybridized carbons (Fsp3) is 0.462. The Labute approximate surface area is 90.5 Å². The van der Waals surface area contributed by atoms with Crippen molar-refractivity contribution in [3.8, 4) is 6.07 Å². The van der Waals surface area contributed by atoms with Crippen molar-refractivity contribution >= 4 is 0 Å². The van der Waals surface area contributed by atoms with Crippen LogP contribution in [0.25, 0.3) is 0 Å². The minimum Gasteiger partial charge on any atom is -0.359 e. The molecule has 0 saturated heterocycles. The van der Waals surface area contributed by atoms with Crippen molar-refractivity contribution in [2.24, 2.45) is 0 Å². The van der Waals surface area contributed by atoms with E-state index >= 15 is 0 Å². The first kappa shape index (κ1) is 10.2. The van der Waals surface area contributed by atoms with Crippen LogP contribution in [0, 0.1) is 11.3 Å². The van der Waals surface area contributed by atoms with Gasteiger partial charge in [0.05, 0.1) is 6.07 Å². The molecule has 0 aliphatic heterocycles. The molecule has 0 bridgehead atoms. The number of nitrogens with zero attached hydrogens (tertiary/aromatic N) is 1. The van der Waals surface area contributed by atoms with Crippen LogP contribution in [0.3, 0.4) is 0 Å². The monoisotopic (exact) mass is 201 g/mol. The van der Waals surface area contributed by atoms with Gasteiger partial charge >= 0.3 is 0 Å². The second-order valence-electron chi connectivity index (χ2n) is 3.91. The molecule has 1 atom stereocenters. The summed E-state index contributed by atoms with van der Waals surface area (Å²) >= 11 is 0. The molecule has 15 heavy (non-hydrogen) atoms. The normalized spacial score (nSPS) is 17.1. The van der Waals surface area contributed by atoms with Crippen molar-refractivity contribution in [1.82, 2.24) is 0 Å². The van der Waals surface area contributed by atoms with Gasteiger partial charge < -0.3 is 4.74 Å². The Morgan fingerprint density at radius 1 is 1.40 bits per heavy atom. The second kappa shape index (κ2) is 4.46. The fourth-order valence-corrected chi connectivity index (χ4v) is 1.73. The van der Waals surface area contributed by atoms with Crippen LogP contribution in [0.5, 0.6) is 0 Å². The number of nitriles is 1. The summed E-state index contributed by atoms with van der Waals surface area (Å²) in [5.41, 5.74) is 2.36. The van der Waals surface area contributed by atoms with Gasteiger partial charge in [0.15, 0.2) is 6.10 Å². The molecule has 1 aliphatic rings. The third-order valence-electron chi connectivity index (χ3n) is 2.74. The van der Waals surface area contributed by atoms with Gasteiger partial charge in [-0.05, 0) is 36.8 Å². The first-order chi connectivity index (χ1) is 7.35. The van der Waals surface area contributed by atoms with E-state index in [4.69, 9.17) is 10.00 Å². The number of ether oxygens (including phenoxy) is 1. The Kier molecular flexibility index (Phi) is 3.03. The van der Waals surface area contributed by atoms with Crippen LogP contribution >= 0.6 is 0 Å². The second-order valence-corrected chi connectivity index (χ2v) is 3.91. The Hall–Kier alpha value is -1.33. The van der Waals surface area contributed by atoms with Crippen LogP contribution in [0.15, 0.2) is 24.3 Å². The van der Waals surface area contributed by atoms with Gasteiger partial charge in [-0.25, -0.2) is 0 Å². The van der Waals surface area contributed by atoms with Crippen LogP contribution in [0.2, 0.25) is 0 Å². The Bertz CT molecular complexity index is 359. The molecular weight excluding hydrogens is 186 g/mol. The van der Waals surface area contributed by atoms with E-state index < -0.39 is 6.10 Å². The van der Waals surface area contributed by atoms with Gasteiger partial charge in [0.2, 0.25) is 0 Å². The summed E-state index contributed by atoms with van der Waals surface area (Å²) in [6, 6.07) is 10.4. The lowest BCUT2D eigenvalue weighted by molar-refractivity contribution is 0.102. The van der Waals surface area contributed by atoms with Gasteiger partial charge in [-0.2, -0.15) is 5.26 Å². The summed E-state index contributed by atoms with van der Waals surface area (Å²) in [4.78, 5) is 0. The van der Waals surface area contributed by atoms with E-state index in [0.29, 0.717) is 6.61 Å². The number of hydrogen-bond donors (Lipinski definition) is 0. The van der Waals surface area contributed by atoms with Gasteiger partial charge in [0, 0.05) is 6.61 Å². The maximum atomic E-state index is 8.93. The molecule has 78 valence electrons. The van der Waals surface area contributed by atoms with Crippen molar-refractivity contribution in [1.29, 1.82) is 5.26 Å². The van der Waals surface area contributed by atoms with Crippen LogP contribution in [0.4, 0.5) is 0 Å². The van der Waals surface area contributed by atoms with Gasteiger partial charge in [-0.3, -0.25) is 0 Å². The zero-order chi connectivity index (χ0) is 10.7. The standard InChI is InChI=1S/C13H15NO/c1-2-15-13(9-14)12-7-5-11(6-8-12)10-3-4-10/h5-8,10,13H,2-4H2,1H3. The first-order valence-electron chi connectivity index (χ1n) is 5.46. The Morgan fingerprint density at radius 2 is 2.07 bits per heavy atom. The summed E-state index contributed by atoms with van der Waals surface area (Å²) in [6.07, 6.45) is 2.21. The highest BCUT2D eigenvalue weighted by molar-refractivity contribution is 5.30. The maximum absolute atomic E-state index is 8.93. The third-order valence-corrected chi connectivity index (χ3v) is 2.74. The van der Waals surface area contributed by atoms with Crippen molar-refractivity contribution in [2.75, 3.05) is 6.61 Å². The lowest BCUT2D eigenvalue weighted by atomic mass is 10.1. The van der Waals surface area contributed by atoms with Crippen molar-refractivity contribution < 1.29 is 4.74 Å². The molecule has 1 aromatic rings. The Morgan fingerprint density at radius 3 is 2.53 bits per heavy atom. The largest absolute Gasteiger partial charge is 0.359 e. The molecule has 0 spiro atoms. The summed E-state index contributed by atoms with van der Waals surface area (Å²) in [5, 5.41) is 8.93. The quantitative estimate of drug-likeness (QED) is 0.749. The van der Waals surface area contributed by atoms with Crippen LogP contribution in [-0.2, 0) is 4.74 Å². The SMILES string of the molecule is CCOC(C#N)c1ccc(C2CC2)cc1. The van der Waals surface area contributed by atoms with Crippen LogP contribution in [-0.4, -0.2) is 6.61 Å². The van der Waals surface area contributed by atoms with Crippen molar-refractivity contribution in [3.05, 3.63) is 35.4 Å². The van der Waals surface area contributed by atoms with E-state index in [1.54, 1.807) is 0 Å². The predicted octanol–water partition coefficient (Wildman–Crippen LogP) is 3.17. The first-order valence-corrected chi connectivity index (χ1v) is 5.46. The highest BCUT2D eigenvalue weighted by atomic mass is 16.5. The highest BCUT2D eigenvalue weighted by Gasteiger charge is 2.23. The molecule has 1 aliphatic carbocycles. The molecule has 1 aromatic carbocycles. The zero-order valence-electron chi connectivity index (χ0n) is 8.94. The van der Waals surface area contributed by atoms with Crippen molar-refractivity contribution in [2.45, 2.75) is 31.8 Å². The number of benzene rings is 1. The van der Waals surface area contributed by atoms with Gasteiger partial charge in [0.1, 0.15) is 0 Å². The van der Waals surface area contributed by atoms with E-state index in [-0.39, 0.29) is 0 Å². The van der Waals surface area contributed by atoms with Gasteiger partial charge in [-0.1, -0.05) is 24.3 Å². The Balaban J connectivity index is 2.11. The summed E-state index contributed by atoms with van der Waals surface area (Å²) in [6.45, 7) is 2.48. The fourth-order valence-electron chi connectivity index (χ4n) is 1.73. The summed E-state index contributed by atoms with van der Waals surface area (Å²) in [5.74, 6) is 0.770. The van der Waals surface area contributed by atoms with Crippen molar-refractivity contribution in [3.63, 3.8) is 0 Å². The summed E-state index contributed by atoms with van der Waals surface area (Å²) in [7, 11) is 0. The van der Waals surface area contributed by atoms with Gasteiger partial charge in [-0.15, -0.1) is 0 Å². The predicted molar refractivity (Wildman–Crippen MR) is 58.4 cm³/mol. The van der Waals surface area contributed by atoms with Crippen LogP contribution < -0.4 is 0 Å². The molecule has 2 nitrogen and oxygen atoms in total. The smallest absolute Gasteiger partial charge is 0.169 e. The van der Waals surface area contributed by atoms with E-state index in [9.17, 15) is 0 Å². The van der Waals surface area contributed by atoms with Crippen LogP contribution in [0.1, 0.15) is 42.9 Å². The minimum atomic E-state index is -0.414. The topological polar surface area (TPSA) is 33.0 Å². The van der Waals surface area contributed by atoms with E-state index in [2.05, 4.69) is 18.2 Å².